The molecule has 122 valence electrons. The Kier molecular flexibility index (Phi) is 4.51. The second-order valence-corrected chi connectivity index (χ2v) is 6.86. The van der Waals surface area contributed by atoms with Gasteiger partial charge in [-0.1, -0.05) is 17.7 Å². The third-order valence-electron chi connectivity index (χ3n) is 4.16. The van der Waals surface area contributed by atoms with E-state index in [4.69, 9.17) is 0 Å². The molecule has 1 N–H and O–H groups in total. The van der Waals surface area contributed by atoms with Crippen molar-refractivity contribution in [1.82, 2.24) is 10.2 Å². The van der Waals surface area contributed by atoms with Crippen LogP contribution in [0.3, 0.4) is 0 Å². The van der Waals surface area contributed by atoms with Crippen molar-refractivity contribution in [2.45, 2.75) is 58.2 Å². The second kappa shape index (κ2) is 6.57. The predicted molar refractivity (Wildman–Crippen MR) is 89.9 cm³/mol. The molecule has 0 atom stereocenters. The number of nitrogens with one attached hydrogen (secondary N) is 1. The summed E-state index contributed by atoms with van der Waals surface area (Å²) in [5.74, 6) is 0.0850. The Morgan fingerprint density at radius 3 is 2.30 bits per heavy atom. The minimum Gasteiger partial charge on any atom is -0.349 e. The summed E-state index contributed by atoms with van der Waals surface area (Å²) in [4.78, 5) is 26.3. The first-order valence-electron chi connectivity index (χ1n) is 8.38. The molecule has 2 saturated carbocycles. The van der Waals surface area contributed by atoms with Crippen LogP contribution in [0.5, 0.6) is 0 Å². The van der Waals surface area contributed by atoms with Gasteiger partial charge in [0.15, 0.2) is 0 Å². The van der Waals surface area contributed by atoms with E-state index in [2.05, 4.69) is 5.32 Å². The molecule has 3 rings (SSSR count). The van der Waals surface area contributed by atoms with Crippen LogP contribution in [0.2, 0.25) is 0 Å². The van der Waals surface area contributed by atoms with Crippen molar-refractivity contribution in [2.24, 2.45) is 0 Å². The smallest absolute Gasteiger partial charge is 0.251 e. The van der Waals surface area contributed by atoms with Crippen molar-refractivity contribution in [3.63, 3.8) is 0 Å². The lowest BCUT2D eigenvalue weighted by molar-refractivity contribution is -0.127. The molecule has 2 fully saturated rings. The van der Waals surface area contributed by atoms with Crippen LogP contribution in [0.25, 0.3) is 0 Å². The van der Waals surface area contributed by atoms with E-state index in [-0.39, 0.29) is 11.8 Å². The van der Waals surface area contributed by atoms with E-state index in [1.54, 1.807) is 6.08 Å². The molecule has 1 aromatic carbocycles. The first-order valence-corrected chi connectivity index (χ1v) is 8.38. The van der Waals surface area contributed by atoms with Gasteiger partial charge in [0.25, 0.3) is 5.91 Å². The summed E-state index contributed by atoms with van der Waals surface area (Å²) in [5, 5.41) is 2.99. The molecule has 23 heavy (non-hydrogen) atoms. The van der Waals surface area contributed by atoms with Crippen LogP contribution in [0, 0.1) is 0 Å². The van der Waals surface area contributed by atoms with E-state index < -0.39 is 0 Å². The van der Waals surface area contributed by atoms with Crippen molar-refractivity contribution < 1.29 is 9.59 Å². The highest BCUT2D eigenvalue weighted by Gasteiger charge is 2.31. The van der Waals surface area contributed by atoms with Gasteiger partial charge in [-0.2, -0.15) is 0 Å². The zero-order valence-corrected chi connectivity index (χ0v) is 13.8. The van der Waals surface area contributed by atoms with E-state index in [1.165, 1.54) is 0 Å². The van der Waals surface area contributed by atoms with E-state index >= 15 is 0 Å². The van der Waals surface area contributed by atoms with Crippen molar-refractivity contribution in [2.75, 3.05) is 0 Å². The Morgan fingerprint density at radius 2 is 1.78 bits per heavy atom. The number of benzene rings is 1. The first kappa shape index (κ1) is 15.8. The standard InChI is InChI=1S/C19H24N2O2/c1-13(2)11-18(22)21(17-9-10-17)12-14-3-5-15(6-4-14)19(23)20-16-7-8-16/h3-6,11,16-17H,7-10,12H2,1-2H3,(H,20,23). The lowest BCUT2D eigenvalue weighted by atomic mass is 10.1. The fourth-order valence-electron chi connectivity index (χ4n) is 2.56. The SMILES string of the molecule is CC(C)=CC(=O)N(Cc1ccc(C(=O)NC2CC2)cc1)C1CC1. The van der Waals surface area contributed by atoms with Gasteiger partial charge in [0, 0.05) is 30.3 Å². The van der Waals surface area contributed by atoms with Crippen LogP contribution in [0.4, 0.5) is 0 Å². The molecule has 0 heterocycles. The molecule has 4 heteroatoms. The molecule has 0 unspecified atom stereocenters. The molecule has 4 nitrogen and oxygen atoms in total. The summed E-state index contributed by atoms with van der Waals surface area (Å²) in [7, 11) is 0. The third-order valence-corrected chi connectivity index (χ3v) is 4.16. The Bertz CT molecular complexity index is 621. The maximum absolute atomic E-state index is 12.3. The fourth-order valence-corrected chi connectivity index (χ4v) is 2.56. The van der Waals surface area contributed by atoms with Crippen molar-refractivity contribution in [3.8, 4) is 0 Å². The van der Waals surface area contributed by atoms with Gasteiger partial charge >= 0.3 is 0 Å². The fraction of sp³-hybridized carbons (Fsp3) is 0.474. The largest absolute Gasteiger partial charge is 0.349 e. The quantitative estimate of drug-likeness (QED) is 0.821. The summed E-state index contributed by atoms with van der Waals surface area (Å²) in [6, 6.07) is 8.35. The number of allylic oxidation sites excluding steroid dienone is 1. The van der Waals surface area contributed by atoms with Crippen LogP contribution >= 0.6 is 0 Å². The summed E-state index contributed by atoms with van der Waals surface area (Å²) in [5.41, 5.74) is 2.78. The molecule has 0 saturated heterocycles. The minimum absolute atomic E-state index is 0.00119. The number of amides is 2. The number of nitrogens with zero attached hydrogens (tertiary/aromatic N) is 1. The molecular formula is C19H24N2O2. The maximum Gasteiger partial charge on any atom is 0.251 e. The number of rotatable bonds is 6. The van der Waals surface area contributed by atoms with Gasteiger partial charge in [0.05, 0.1) is 0 Å². The molecule has 0 aliphatic heterocycles. The molecule has 0 bridgehead atoms. The normalized spacial score (nSPS) is 16.6. The lowest BCUT2D eigenvalue weighted by Gasteiger charge is -2.21. The van der Waals surface area contributed by atoms with Gasteiger partial charge in [-0.15, -0.1) is 0 Å². The van der Waals surface area contributed by atoms with Crippen LogP contribution in [0.1, 0.15) is 55.5 Å². The Balaban J connectivity index is 1.64. The van der Waals surface area contributed by atoms with Gasteiger partial charge in [-0.05, 0) is 57.2 Å². The minimum atomic E-state index is -0.00119. The van der Waals surface area contributed by atoms with Gasteiger partial charge < -0.3 is 10.2 Å². The van der Waals surface area contributed by atoms with E-state index in [9.17, 15) is 9.59 Å². The lowest BCUT2D eigenvalue weighted by Crippen LogP contribution is -2.31. The van der Waals surface area contributed by atoms with Gasteiger partial charge in [-0.3, -0.25) is 9.59 Å². The summed E-state index contributed by atoms with van der Waals surface area (Å²) in [6.07, 6.45) is 6.06. The summed E-state index contributed by atoms with van der Waals surface area (Å²) >= 11 is 0. The van der Waals surface area contributed by atoms with E-state index in [0.717, 1.165) is 36.8 Å². The van der Waals surface area contributed by atoms with E-state index in [0.29, 0.717) is 24.2 Å². The Labute approximate surface area is 137 Å². The Morgan fingerprint density at radius 1 is 1.13 bits per heavy atom. The average molecular weight is 312 g/mol. The number of hydrogen-bond donors (Lipinski definition) is 1. The van der Waals surface area contributed by atoms with Crippen molar-refractivity contribution in [1.29, 1.82) is 0 Å². The first-order chi connectivity index (χ1) is 11.0. The van der Waals surface area contributed by atoms with Gasteiger partial charge in [0.2, 0.25) is 5.91 Å². The van der Waals surface area contributed by atoms with Gasteiger partial charge in [0.1, 0.15) is 0 Å². The topological polar surface area (TPSA) is 49.4 Å². The summed E-state index contributed by atoms with van der Waals surface area (Å²) in [6.45, 7) is 4.49. The number of hydrogen-bond acceptors (Lipinski definition) is 2. The molecule has 2 aliphatic carbocycles. The van der Waals surface area contributed by atoms with E-state index in [1.807, 2.05) is 43.0 Å². The number of carbonyl (C=O) groups is 2. The van der Waals surface area contributed by atoms with Crippen LogP contribution < -0.4 is 5.32 Å². The monoisotopic (exact) mass is 312 g/mol. The van der Waals surface area contributed by atoms with Crippen LogP contribution in [-0.2, 0) is 11.3 Å². The highest BCUT2D eigenvalue weighted by Crippen LogP contribution is 2.29. The van der Waals surface area contributed by atoms with Crippen molar-refractivity contribution >= 4 is 11.8 Å². The number of carbonyl (C=O) groups excluding carboxylic acids is 2. The predicted octanol–water partition coefficient (Wildman–Crippen LogP) is 3.04. The maximum atomic E-state index is 12.3. The molecule has 2 amide bonds. The van der Waals surface area contributed by atoms with Gasteiger partial charge in [-0.25, -0.2) is 0 Å². The second-order valence-electron chi connectivity index (χ2n) is 6.86. The van der Waals surface area contributed by atoms with Crippen molar-refractivity contribution in [3.05, 3.63) is 47.0 Å². The van der Waals surface area contributed by atoms with Crippen LogP contribution in [0.15, 0.2) is 35.9 Å². The molecule has 0 radical (unpaired) electrons. The molecule has 0 spiro atoms. The highest BCUT2D eigenvalue weighted by atomic mass is 16.2. The molecule has 0 aromatic heterocycles. The molecule has 1 aromatic rings. The van der Waals surface area contributed by atoms with Crippen LogP contribution in [-0.4, -0.2) is 28.8 Å². The summed E-state index contributed by atoms with van der Waals surface area (Å²) < 4.78 is 0. The third kappa shape index (κ3) is 4.44. The zero-order valence-electron chi connectivity index (χ0n) is 13.8. The Hall–Kier alpha value is -2.10. The molecule has 2 aliphatic rings. The zero-order chi connectivity index (χ0) is 16.4. The molecular weight excluding hydrogens is 288 g/mol. The highest BCUT2D eigenvalue weighted by molar-refractivity contribution is 5.94. The average Bonchev–Trinajstić information content (AvgIpc) is 3.38.